The largest absolute Gasteiger partial charge is 0.386 e. The molecule has 2 aromatic carbocycles. The molecule has 0 aliphatic heterocycles. The molecule has 20 heavy (non-hydrogen) atoms. The Kier molecular flexibility index (Phi) is 4.52. The van der Waals surface area contributed by atoms with Crippen molar-refractivity contribution in [3.05, 3.63) is 64.4 Å². The minimum atomic E-state index is -1.21. The third kappa shape index (κ3) is 3.43. The van der Waals surface area contributed by atoms with Crippen LogP contribution in [0.15, 0.2) is 36.4 Å². The van der Waals surface area contributed by atoms with Crippen LogP contribution in [0.3, 0.4) is 0 Å². The van der Waals surface area contributed by atoms with Crippen LogP contribution in [0.5, 0.6) is 0 Å². The number of nitrogens with one attached hydrogen (secondary N) is 1. The van der Waals surface area contributed by atoms with E-state index in [4.69, 9.17) is 11.6 Å². The number of anilines is 1. The van der Waals surface area contributed by atoms with Gasteiger partial charge in [-0.2, -0.15) is 0 Å². The molecule has 2 rings (SSSR count). The van der Waals surface area contributed by atoms with Gasteiger partial charge in [0.15, 0.2) is 0 Å². The highest BCUT2D eigenvalue weighted by atomic mass is 35.5. The van der Waals surface area contributed by atoms with Crippen molar-refractivity contribution < 1.29 is 18.3 Å². The van der Waals surface area contributed by atoms with E-state index in [0.29, 0.717) is 6.07 Å². The lowest BCUT2D eigenvalue weighted by atomic mass is 10.1. The van der Waals surface area contributed by atoms with Gasteiger partial charge in [-0.1, -0.05) is 17.7 Å². The van der Waals surface area contributed by atoms with E-state index in [2.05, 4.69) is 5.32 Å². The van der Waals surface area contributed by atoms with Gasteiger partial charge in [0.2, 0.25) is 0 Å². The van der Waals surface area contributed by atoms with Gasteiger partial charge in [0.1, 0.15) is 17.5 Å². The van der Waals surface area contributed by atoms with Crippen molar-refractivity contribution in [2.24, 2.45) is 0 Å². The molecular formula is C14H11ClF3NO. The van der Waals surface area contributed by atoms with Crippen LogP contribution in [0.2, 0.25) is 5.02 Å². The molecule has 0 bridgehead atoms. The molecule has 0 saturated heterocycles. The molecule has 0 spiro atoms. The maximum Gasteiger partial charge on any atom is 0.131 e. The molecule has 106 valence electrons. The van der Waals surface area contributed by atoms with Crippen molar-refractivity contribution in [1.29, 1.82) is 0 Å². The molecule has 0 fully saturated rings. The van der Waals surface area contributed by atoms with E-state index in [0.717, 1.165) is 18.2 Å². The molecule has 0 amide bonds. The summed E-state index contributed by atoms with van der Waals surface area (Å²) in [5.41, 5.74) is 0.236. The van der Waals surface area contributed by atoms with E-state index in [-0.39, 0.29) is 22.8 Å². The number of halogens is 4. The molecule has 2 N–H and O–H groups in total. The number of hydrogen-bond acceptors (Lipinski definition) is 2. The topological polar surface area (TPSA) is 32.3 Å². The monoisotopic (exact) mass is 301 g/mol. The predicted octanol–water partition coefficient (Wildman–Crippen LogP) is 3.90. The molecule has 2 nitrogen and oxygen atoms in total. The summed E-state index contributed by atoms with van der Waals surface area (Å²) in [4.78, 5) is 0. The molecule has 0 aliphatic carbocycles. The molecule has 1 atom stereocenters. The Hall–Kier alpha value is -1.72. The van der Waals surface area contributed by atoms with Crippen molar-refractivity contribution in [3.63, 3.8) is 0 Å². The molecule has 0 saturated carbocycles. The third-order valence-electron chi connectivity index (χ3n) is 2.74. The normalized spacial score (nSPS) is 12.2. The van der Waals surface area contributed by atoms with Gasteiger partial charge in [-0.3, -0.25) is 0 Å². The van der Waals surface area contributed by atoms with E-state index in [1.807, 2.05) is 0 Å². The molecular weight excluding hydrogens is 291 g/mol. The first-order valence-electron chi connectivity index (χ1n) is 5.79. The highest BCUT2D eigenvalue weighted by Gasteiger charge is 2.14. The van der Waals surface area contributed by atoms with Gasteiger partial charge in [-0.25, -0.2) is 13.2 Å². The van der Waals surface area contributed by atoms with E-state index in [1.165, 1.54) is 12.1 Å². The smallest absolute Gasteiger partial charge is 0.131 e. The van der Waals surface area contributed by atoms with Gasteiger partial charge in [-0.15, -0.1) is 0 Å². The van der Waals surface area contributed by atoms with Gasteiger partial charge in [0, 0.05) is 18.2 Å². The summed E-state index contributed by atoms with van der Waals surface area (Å²) < 4.78 is 39.3. The highest BCUT2D eigenvalue weighted by molar-refractivity contribution is 6.33. The first-order chi connectivity index (χ1) is 9.47. The summed E-state index contributed by atoms with van der Waals surface area (Å²) in [5, 5.41) is 12.8. The Bertz CT molecular complexity index is 621. The lowest BCUT2D eigenvalue weighted by Gasteiger charge is -2.15. The second-order valence-electron chi connectivity index (χ2n) is 4.19. The van der Waals surface area contributed by atoms with Gasteiger partial charge in [0.25, 0.3) is 0 Å². The standard InChI is InChI=1S/C14H11ClF3NO/c15-11-4-2-9(17)6-13(11)19-7-14(20)10-3-1-8(16)5-12(10)18/h1-6,14,19-20H,7H2. The Morgan fingerprint density at radius 1 is 1.05 bits per heavy atom. The zero-order valence-corrected chi connectivity index (χ0v) is 11.0. The van der Waals surface area contributed by atoms with Gasteiger partial charge in [-0.05, 0) is 24.3 Å². The highest BCUT2D eigenvalue weighted by Crippen LogP contribution is 2.24. The number of hydrogen-bond donors (Lipinski definition) is 2. The van der Waals surface area contributed by atoms with E-state index >= 15 is 0 Å². The fourth-order valence-corrected chi connectivity index (χ4v) is 1.91. The summed E-state index contributed by atoms with van der Waals surface area (Å²) in [6.07, 6.45) is -1.21. The Labute approximate surface area is 118 Å². The van der Waals surface area contributed by atoms with Gasteiger partial charge < -0.3 is 10.4 Å². The maximum atomic E-state index is 13.5. The zero-order valence-electron chi connectivity index (χ0n) is 10.2. The summed E-state index contributed by atoms with van der Waals surface area (Å²) in [6, 6.07) is 6.62. The lowest BCUT2D eigenvalue weighted by Crippen LogP contribution is -2.14. The van der Waals surface area contributed by atoms with Crippen LogP contribution in [0.25, 0.3) is 0 Å². The minimum absolute atomic E-state index is 0.0496. The SMILES string of the molecule is OC(CNc1cc(F)ccc1Cl)c1ccc(F)cc1F. The Morgan fingerprint density at radius 3 is 2.40 bits per heavy atom. The van der Waals surface area contributed by atoms with Crippen LogP contribution in [0, 0.1) is 17.5 Å². The van der Waals surface area contributed by atoms with Crippen LogP contribution in [-0.2, 0) is 0 Å². The number of aliphatic hydroxyl groups is 1. The van der Waals surface area contributed by atoms with Crippen LogP contribution in [0.4, 0.5) is 18.9 Å². The number of aliphatic hydroxyl groups excluding tert-OH is 1. The number of benzene rings is 2. The fraction of sp³-hybridized carbons (Fsp3) is 0.143. The Morgan fingerprint density at radius 2 is 1.70 bits per heavy atom. The summed E-state index contributed by atoms with van der Waals surface area (Å²) in [5.74, 6) is -2.05. The molecule has 0 radical (unpaired) electrons. The van der Waals surface area contributed by atoms with E-state index in [1.54, 1.807) is 0 Å². The van der Waals surface area contributed by atoms with Gasteiger partial charge >= 0.3 is 0 Å². The average molecular weight is 302 g/mol. The summed E-state index contributed by atoms with van der Waals surface area (Å²) in [7, 11) is 0. The predicted molar refractivity (Wildman–Crippen MR) is 71.2 cm³/mol. The van der Waals surface area contributed by atoms with Crippen LogP contribution in [-0.4, -0.2) is 11.7 Å². The summed E-state index contributed by atoms with van der Waals surface area (Å²) >= 11 is 5.84. The second-order valence-corrected chi connectivity index (χ2v) is 4.59. The van der Waals surface area contributed by atoms with E-state index in [9.17, 15) is 18.3 Å². The zero-order chi connectivity index (χ0) is 14.7. The molecule has 1 unspecified atom stereocenters. The quantitative estimate of drug-likeness (QED) is 0.897. The average Bonchev–Trinajstić information content (AvgIpc) is 2.39. The molecule has 2 aromatic rings. The van der Waals surface area contributed by atoms with Crippen molar-refractivity contribution in [1.82, 2.24) is 0 Å². The summed E-state index contributed by atoms with van der Waals surface area (Å²) in [6.45, 7) is -0.0915. The van der Waals surface area contributed by atoms with Gasteiger partial charge in [0.05, 0.1) is 16.8 Å². The first-order valence-corrected chi connectivity index (χ1v) is 6.17. The minimum Gasteiger partial charge on any atom is -0.386 e. The van der Waals surface area contributed by atoms with E-state index < -0.39 is 23.6 Å². The van der Waals surface area contributed by atoms with Crippen LogP contribution in [0.1, 0.15) is 11.7 Å². The van der Waals surface area contributed by atoms with Crippen molar-refractivity contribution >= 4 is 17.3 Å². The van der Waals surface area contributed by atoms with Crippen LogP contribution >= 0.6 is 11.6 Å². The molecule has 0 heterocycles. The molecule has 0 aliphatic rings. The Balaban J connectivity index is 2.08. The van der Waals surface area contributed by atoms with Crippen molar-refractivity contribution in [2.75, 3.05) is 11.9 Å². The number of rotatable bonds is 4. The van der Waals surface area contributed by atoms with Crippen molar-refractivity contribution in [3.8, 4) is 0 Å². The van der Waals surface area contributed by atoms with Crippen LogP contribution < -0.4 is 5.32 Å². The first kappa shape index (κ1) is 14.7. The second kappa shape index (κ2) is 6.15. The third-order valence-corrected chi connectivity index (χ3v) is 3.07. The maximum absolute atomic E-state index is 13.5. The van der Waals surface area contributed by atoms with Crippen molar-refractivity contribution in [2.45, 2.75) is 6.10 Å². The molecule has 6 heteroatoms. The molecule has 0 aromatic heterocycles. The lowest BCUT2D eigenvalue weighted by molar-refractivity contribution is 0.186. The fourth-order valence-electron chi connectivity index (χ4n) is 1.72.